The summed E-state index contributed by atoms with van der Waals surface area (Å²) < 4.78 is 24.2. The molecule has 0 radical (unpaired) electrons. The predicted molar refractivity (Wildman–Crippen MR) is 67.1 cm³/mol. The summed E-state index contributed by atoms with van der Waals surface area (Å²) in [6, 6.07) is 5.16. The fourth-order valence-electron chi connectivity index (χ4n) is 2.15. The number of aliphatic hydroxyl groups is 1. The Morgan fingerprint density at radius 1 is 1.47 bits per heavy atom. The van der Waals surface area contributed by atoms with Crippen molar-refractivity contribution in [2.45, 2.75) is 24.3 Å². The molecular weight excluding hydrogens is 238 g/mol. The molecule has 4 nitrogen and oxygen atoms in total. The van der Waals surface area contributed by atoms with Crippen LogP contribution < -0.4 is 4.90 Å². The molecule has 0 aliphatic carbocycles. The number of likely N-dealkylation sites (N-methyl/N-ethyl adjacent to an activating group) is 1. The minimum Gasteiger partial charge on any atom is -0.394 e. The number of sulfone groups is 1. The van der Waals surface area contributed by atoms with Crippen molar-refractivity contribution >= 4 is 15.5 Å². The third-order valence-corrected chi connectivity index (χ3v) is 5.14. The highest BCUT2D eigenvalue weighted by atomic mass is 32.2. The zero-order valence-electron chi connectivity index (χ0n) is 10.0. The molecule has 0 amide bonds. The van der Waals surface area contributed by atoms with Crippen molar-refractivity contribution in [3.05, 3.63) is 23.8 Å². The van der Waals surface area contributed by atoms with Gasteiger partial charge in [0.2, 0.25) is 0 Å². The fourth-order valence-corrected chi connectivity index (χ4v) is 4.02. The van der Waals surface area contributed by atoms with Gasteiger partial charge in [-0.05, 0) is 24.1 Å². The third kappa shape index (κ3) is 2.05. The molecule has 1 atom stereocenters. The summed E-state index contributed by atoms with van der Waals surface area (Å²) in [7, 11) is -1.45. The molecule has 0 fully saturated rings. The summed E-state index contributed by atoms with van der Waals surface area (Å²) in [5.41, 5.74) is 1.70. The van der Waals surface area contributed by atoms with Crippen LogP contribution in [0.2, 0.25) is 0 Å². The highest BCUT2D eigenvalue weighted by molar-refractivity contribution is 7.91. The number of hydrogen-bond acceptors (Lipinski definition) is 4. The molecule has 1 N–H and O–H groups in total. The normalized spacial score (nSPS) is 22.3. The van der Waals surface area contributed by atoms with Crippen molar-refractivity contribution in [2.75, 3.05) is 24.3 Å². The minimum atomic E-state index is -3.27. The zero-order valence-corrected chi connectivity index (χ0v) is 10.9. The molecule has 0 saturated carbocycles. The number of aliphatic hydroxyl groups excluding tert-OH is 1. The van der Waals surface area contributed by atoms with Gasteiger partial charge in [0.15, 0.2) is 9.84 Å². The first-order chi connectivity index (χ1) is 7.99. The van der Waals surface area contributed by atoms with Crippen LogP contribution in [-0.2, 0) is 16.3 Å². The summed E-state index contributed by atoms with van der Waals surface area (Å²) in [4.78, 5) is 2.24. The van der Waals surface area contributed by atoms with Crippen molar-refractivity contribution < 1.29 is 13.5 Å². The average molecular weight is 255 g/mol. The number of nitrogens with zero attached hydrogens (tertiary/aromatic N) is 1. The van der Waals surface area contributed by atoms with Gasteiger partial charge in [-0.15, -0.1) is 0 Å². The van der Waals surface area contributed by atoms with E-state index >= 15 is 0 Å². The van der Waals surface area contributed by atoms with E-state index in [9.17, 15) is 13.5 Å². The van der Waals surface area contributed by atoms with Crippen molar-refractivity contribution in [3.63, 3.8) is 0 Å². The summed E-state index contributed by atoms with van der Waals surface area (Å²) in [5, 5.41) is 9.21. The number of benzene rings is 1. The van der Waals surface area contributed by atoms with Gasteiger partial charge in [-0.1, -0.05) is 13.0 Å². The predicted octanol–water partition coefficient (Wildman–Crippen LogP) is 0.833. The fraction of sp³-hybridized carbons (Fsp3) is 0.500. The molecule has 1 aliphatic rings. The lowest BCUT2D eigenvalue weighted by molar-refractivity contribution is 0.269. The molecule has 1 unspecified atom stereocenters. The van der Waals surface area contributed by atoms with E-state index in [-0.39, 0.29) is 18.4 Å². The van der Waals surface area contributed by atoms with Crippen LogP contribution in [0.4, 0.5) is 5.69 Å². The van der Waals surface area contributed by atoms with E-state index < -0.39 is 9.84 Å². The molecule has 0 saturated heterocycles. The second kappa shape index (κ2) is 4.31. The van der Waals surface area contributed by atoms with Gasteiger partial charge >= 0.3 is 0 Å². The summed E-state index contributed by atoms with van der Waals surface area (Å²) >= 11 is 0. The standard InChI is InChI=1S/C12H17NO3S/c1-3-9-4-5-11-12(6-9)17(15,16)8-10(7-14)13(11)2/h4-6,10,14H,3,7-8H2,1-2H3. The first kappa shape index (κ1) is 12.4. The van der Waals surface area contributed by atoms with Crippen LogP contribution in [0, 0.1) is 0 Å². The maximum Gasteiger partial charge on any atom is 0.182 e. The second-order valence-electron chi connectivity index (χ2n) is 4.38. The number of fused-ring (bicyclic) bond motifs is 1. The van der Waals surface area contributed by atoms with Crippen molar-refractivity contribution in [1.82, 2.24) is 0 Å². The van der Waals surface area contributed by atoms with E-state index in [2.05, 4.69) is 0 Å². The van der Waals surface area contributed by atoms with Gasteiger partial charge in [0.25, 0.3) is 0 Å². The lowest BCUT2D eigenvalue weighted by Crippen LogP contribution is -2.44. The van der Waals surface area contributed by atoms with Gasteiger partial charge in [-0.2, -0.15) is 0 Å². The number of anilines is 1. The Kier molecular flexibility index (Phi) is 3.14. The van der Waals surface area contributed by atoms with E-state index in [1.54, 1.807) is 6.07 Å². The van der Waals surface area contributed by atoms with Crippen molar-refractivity contribution in [2.24, 2.45) is 0 Å². The van der Waals surface area contributed by atoms with E-state index in [1.807, 2.05) is 31.0 Å². The maximum atomic E-state index is 12.1. The van der Waals surface area contributed by atoms with E-state index in [1.165, 1.54) is 0 Å². The molecule has 0 spiro atoms. The van der Waals surface area contributed by atoms with Crippen molar-refractivity contribution in [3.8, 4) is 0 Å². The number of hydrogen-bond donors (Lipinski definition) is 1. The Morgan fingerprint density at radius 3 is 2.76 bits per heavy atom. The van der Waals surface area contributed by atoms with Gasteiger partial charge in [-0.25, -0.2) is 8.42 Å². The molecule has 1 heterocycles. The third-order valence-electron chi connectivity index (χ3n) is 3.32. The lowest BCUT2D eigenvalue weighted by Gasteiger charge is -2.34. The van der Waals surface area contributed by atoms with E-state index in [0.29, 0.717) is 10.6 Å². The number of aryl methyl sites for hydroxylation is 1. The smallest absolute Gasteiger partial charge is 0.182 e. The molecular formula is C12H17NO3S. The maximum absolute atomic E-state index is 12.1. The molecule has 5 heteroatoms. The van der Waals surface area contributed by atoms with Crippen LogP contribution in [0.15, 0.2) is 23.1 Å². The van der Waals surface area contributed by atoms with E-state index in [0.717, 1.165) is 12.0 Å². The quantitative estimate of drug-likeness (QED) is 0.850. The van der Waals surface area contributed by atoms with E-state index in [4.69, 9.17) is 0 Å². The Morgan fingerprint density at radius 2 is 2.18 bits per heavy atom. The second-order valence-corrected chi connectivity index (χ2v) is 6.39. The highest BCUT2D eigenvalue weighted by Gasteiger charge is 2.33. The van der Waals surface area contributed by atoms with Gasteiger partial charge in [-0.3, -0.25) is 0 Å². The summed E-state index contributed by atoms with van der Waals surface area (Å²) in [6.07, 6.45) is 0.815. The van der Waals surface area contributed by atoms with Gasteiger partial charge in [0, 0.05) is 7.05 Å². The van der Waals surface area contributed by atoms with Crippen LogP contribution in [0.3, 0.4) is 0 Å². The molecule has 2 rings (SSSR count). The molecule has 0 aromatic heterocycles. The highest BCUT2D eigenvalue weighted by Crippen LogP contribution is 2.33. The molecule has 94 valence electrons. The van der Waals surface area contributed by atoms with Gasteiger partial charge in [0.1, 0.15) is 0 Å². The molecule has 0 bridgehead atoms. The SMILES string of the molecule is CCc1ccc2c(c1)S(=O)(=O)CC(CO)N2C. The van der Waals surface area contributed by atoms with Crippen LogP contribution >= 0.6 is 0 Å². The molecule has 1 aromatic carbocycles. The van der Waals surface area contributed by atoms with Crippen LogP contribution in [0.5, 0.6) is 0 Å². The van der Waals surface area contributed by atoms with Crippen LogP contribution in [0.25, 0.3) is 0 Å². The Bertz CT molecular complexity index is 525. The first-order valence-corrected chi connectivity index (χ1v) is 7.34. The minimum absolute atomic E-state index is 0.0137. The lowest BCUT2D eigenvalue weighted by atomic mass is 10.1. The van der Waals surface area contributed by atoms with Crippen molar-refractivity contribution in [1.29, 1.82) is 0 Å². The molecule has 17 heavy (non-hydrogen) atoms. The van der Waals surface area contributed by atoms with Crippen LogP contribution in [-0.4, -0.2) is 39.0 Å². The van der Waals surface area contributed by atoms with Gasteiger partial charge in [0.05, 0.1) is 29.0 Å². The Labute approximate surface area is 102 Å². The Hall–Kier alpha value is -1.07. The largest absolute Gasteiger partial charge is 0.394 e. The molecule has 1 aliphatic heterocycles. The first-order valence-electron chi connectivity index (χ1n) is 5.69. The summed E-state index contributed by atoms with van der Waals surface area (Å²) in [5.74, 6) is -0.0137. The average Bonchev–Trinajstić information content (AvgIpc) is 2.33. The Balaban J connectivity index is 2.59. The monoisotopic (exact) mass is 255 g/mol. The topological polar surface area (TPSA) is 57.6 Å². The zero-order chi connectivity index (χ0) is 12.6. The van der Waals surface area contributed by atoms with Gasteiger partial charge < -0.3 is 10.0 Å². The molecule has 1 aromatic rings. The number of rotatable bonds is 2. The summed E-state index contributed by atoms with van der Waals surface area (Å²) in [6.45, 7) is 1.85. The van der Waals surface area contributed by atoms with Crippen LogP contribution in [0.1, 0.15) is 12.5 Å².